The molecule has 0 bridgehead atoms. The fourth-order valence-electron chi connectivity index (χ4n) is 2.00. The number of hydrogen-bond acceptors (Lipinski definition) is 4. The number of nitrogens with zero attached hydrogens (tertiary/aromatic N) is 1. The van der Waals surface area contributed by atoms with Crippen molar-refractivity contribution in [2.75, 3.05) is 5.32 Å². The summed E-state index contributed by atoms with van der Waals surface area (Å²) in [7, 11) is 0. The fourth-order valence-corrected chi connectivity index (χ4v) is 3.25. The van der Waals surface area contributed by atoms with Gasteiger partial charge in [0, 0.05) is 11.8 Å². The fraction of sp³-hybridized carbons (Fsp3) is 0.188. The van der Waals surface area contributed by atoms with Gasteiger partial charge in [-0.05, 0) is 32.0 Å². The maximum Gasteiger partial charge on any atom is 0.188 e. The van der Waals surface area contributed by atoms with Gasteiger partial charge in [-0.1, -0.05) is 41.1 Å². The molecular formula is C16H15ClN2OS. The number of anilines is 2. The van der Waals surface area contributed by atoms with Gasteiger partial charge in [-0.3, -0.25) is 0 Å². The van der Waals surface area contributed by atoms with E-state index in [0.717, 1.165) is 26.8 Å². The number of aromatic nitrogens is 1. The first kappa shape index (κ1) is 14.2. The lowest BCUT2D eigenvalue weighted by atomic mass is 10.3. The summed E-state index contributed by atoms with van der Waals surface area (Å²) in [5, 5.41) is 4.72. The third kappa shape index (κ3) is 3.28. The average Bonchev–Trinajstić information content (AvgIpc) is 2.82. The second-order valence-corrected chi connectivity index (χ2v) is 6.37. The molecule has 1 N–H and O–H groups in total. The van der Waals surface area contributed by atoms with Gasteiger partial charge >= 0.3 is 0 Å². The monoisotopic (exact) mass is 318 g/mol. The van der Waals surface area contributed by atoms with Gasteiger partial charge in [0.2, 0.25) is 0 Å². The lowest BCUT2D eigenvalue weighted by molar-refractivity contribution is 0.243. The Labute approximate surface area is 132 Å². The first-order valence-electron chi connectivity index (χ1n) is 6.70. The number of thiazole rings is 1. The Kier molecular flexibility index (Phi) is 3.99. The largest absolute Gasteiger partial charge is 0.491 e. The molecule has 2 aromatic carbocycles. The maximum absolute atomic E-state index is 6.30. The van der Waals surface area contributed by atoms with Gasteiger partial charge in [0.05, 0.1) is 15.8 Å². The maximum atomic E-state index is 6.30. The molecule has 0 fully saturated rings. The molecule has 0 aliphatic carbocycles. The lowest BCUT2D eigenvalue weighted by Gasteiger charge is -2.09. The molecule has 0 atom stereocenters. The van der Waals surface area contributed by atoms with Crippen molar-refractivity contribution in [3.05, 3.63) is 47.5 Å². The van der Waals surface area contributed by atoms with Crippen molar-refractivity contribution in [3.8, 4) is 5.75 Å². The smallest absolute Gasteiger partial charge is 0.188 e. The summed E-state index contributed by atoms with van der Waals surface area (Å²) in [6.07, 6.45) is 0.119. The third-order valence-corrected chi connectivity index (χ3v) is 4.02. The normalized spacial score (nSPS) is 11.0. The van der Waals surface area contributed by atoms with E-state index in [4.69, 9.17) is 16.3 Å². The average molecular weight is 319 g/mol. The van der Waals surface area contributed by atoms with Crippen LogP contribution in [0.4, 0.5) is 10.8 Å². The second kappa shape index (κ2) is 5.92. The summed E-state index contributed by atoms with van der Waals surface area (Å²) in [6.45, 7) is 3.99. The van der Waals surface area contributed by atoms with Crippen molar-refractivity contribution in [2.24, 2.45) is 0 Å². The Balaban J connectivity index is 1.94. The number of para-hydroxylation sites is 1. The first-order valence-corrected chi connectivity index (χ1v) is 7.90. The quantitative estimate of drug-likeness (QED) is 0.691. The molecule has 0 spiro atoms. The van der Waals surface area contributed by atoms with Crippen molar-refractivity contribution >= 4 is 44.0 Å². The molecule has 108 valence electrons. The molecule has 0 aliphatic rings. The number of ether oxygens (including phenoxy) is 1. The molecule has 1 aromatic heterocycles. The lowest BCUT2D eigenvalue weighted by Crippen LogP contribution is -2.05. The summed E-state index contributed by atoms with van der Waals surface area (Å²) >= 11 is 7.86. The van der Waals surface area contributed by atoms with Crippen molar-refractivity contribution in [1.29, 1.82) is 0 Å². The highest BCUT2D eigenvalue weighted by Gasteiger charge is 2.11. The molecule has 3 aromatic rings. The topological polar surface area (TPSA) is 34.1 Å². The van der Waals surface area contributed by atoms with E-state index in [-0.39, 0.29) is 6.10 Å². The zero-order valence-corrected chi connectivity index (χ0v) is 13.3. The van der Waals surface area contributed by atoms with Gasteiger partial charge in [-0.25, -0.2) is 4.98 Å². The van der Waals surface area contributed by atoms with Gasteiger partial charge in [-0.2, -0.15) is 0 Å². The van der Waals surface area contributed by atoms with E-state index in [2.05, 4.69) is 10.3 Å². The number of hydrogen-bond donors (Lipinski definition) is 1. The molecule has 0 saturated heterocycles. The molecular weight excluding hydrogens is 304 g/mol. The summed E-state index contributed by atoms with van der Waals surface area (Å²) in [5.74, 6) is 0.775. The van der Waals surface area contributed by atoms with E-state index in [0.29, 0.717) is 5.02 Å². The van der Waals surface area contributed by atoms with Crippen molar-refractivity contribution in [1.82, 2.24) is 4.98 Å². The SMILES string of the molecule is CC(C)Oc1cc(Cl)c2nc(Nc3ccccc3)sc2c1. The second-order valence-electron chi connectivity index (χ2n) is 4.93. The minimum Gasteiger partial charge on any atom is -0.491 e. The van der Waals surface area contributed by atoms with Crippen molar-refractivity contribution in [3.63, 3.8) is 0 Å². The van der Waals surface area contributed by atoms with Gasteiger partial charge in [0.15, 0.2) is 5.13 Å². The molecule has 0 radical (unpaired) electrons. The van der Waals surface area contributed by atoms with Crippen LogP contribution in [0.15, 0.2) is 42.5 Å². The summed E-state index contributed by atoms with van der Waals surface area (Å²) in [4.78, 5) is 4.55. The molecule has 21 heavy (non-hydrogen) atoms. The zero-order valence-electron chi connectivity index (χ0n) is 11.8. The first-order chi connectivity index (χ1) is 10.1. The van der Waals surface area contributed by atoms with Crippen LogP contribution in [0.1, 0.15) is 13.8 Å². The third-order valence-electron chi connectivity index (χ3n) is 2.82. The number of nitrogens with one attached hydrogen (secondary N) is 1. The Morgan fingerprint density at radius 2 is 1.95 bits per heavy atom. The number of halogens is 1. The van der Waals surface area contributed by atoms with Gasteiger partial charge < -0.3 is 10.1 Å². The minimum atomic E-state index is 0.119. The van der Waals surface area contributed by atoms with E-state index in [1.165, 1.54) is 0 Å². The number of fused-ring (bicyclic) bond motifs is 1. The van der Waals surface area contributed by atoms with E-state index < -0.39 is 0 Å². The molecule has 3 rings (SSSR count). The van der Waals surface area contributed by atoms with Crippen molar-refractivity contribution < 1.29 is 4.74 Å². The summed E-state index contributed by atoms with van der Waals surface area (Å²) < 4.78 is 6.72. The van der Waals surface area contributed by atoms with E-state index >= 15 is 0 Å². The Bertz CT molecular complexity index is 756. The molecule has 0 unspecified atom stereocenters. The van der Waals surface area contributed by atoms with Crippen LogP contribution in [0.3, 0.4) is 0 Å². The van der Waals surface area contributed by atoms with Gasteiger partial charge in [0.25, 0.3) is 0 Å². The standard InChI is InChI=1S/C16H15ClN2OS/c1-10(2)20-12-8-13(17)15-14(9-12)21-16(19-15)18-11-6-4-3-5-7-11/h3-10H,1-2H3,(H,18,19). The number of benzene rings is 2. The molecule has 1 heterocycles. The molecule has 5 heteroatoms. The predicted molar refractivity (Wildman–Crippen MR) is 90.1 cm³/mol. The predicted octanol–water partition coefficient (Wildman–Crippen LogP) is 5.48. The molecule has 0 amide bonds. The van der Waals surface area contributed by atoms with Crippen LogP contribution in [0, 0.1) is 0 Å². The summed E-state index contributed by atoms with van der Waals surface area (Å²) in [5.41, 5.74) is 1.81. The van der Waals surface area contributed by atoms with Gasteiger partial charge in [0.1, 0.15) is 11.3 Å². The van der Waals surface area contributed by atoms with Crippen LogP contribution in [0.25, 0.3) is 10.2 Å². The highest BCUT2D eigenvalue weighted by Crippen LogP contribution is 2.36. The van der Waals surface area contributed by atoms with Crippen LogP contribution in [-0.4, -0.2) is 11.1 Å². The Morgan fingerprint density at radius 3 is 2.67 bits per heavy atom. The highest BCUT2D eigenvalue weighted by atomic mass is 35.5. The minimum absolute atomic E-state index is 0.119. The van der Waals surface area contributed by atoms with Crippen LogP contribution in [-0.2, 0) is 0 Å². The molecule has 0 aliphatic heterocycles. The molecule has 0 saturated carbocycles. The highest BCUT2D eigenvalue weighted by molar-refractivity contribution is 7.22. The van der Waals surface area contributed by atoms with Crippen LogP contribution < -0.4 is 10.1 Å². The van der Waals surface area contributed by atoms with E-state index in [1.807, 2.05) is 56.3 Å². The van der Waals surface area contributed by atoms with Crippen LogP contribution in [0.2, 0.25) is 5.02 Å². The van der Waals surface area contributed by atoms with E-state index in [9.17, 15) is 0 Å². The van der Waals surface area contributed by atoms with E-state index in [1.54, 1.807) is 11.3 Å². The molecule has 3 nitrogen and oxygen atoms in total. The van der Waals surface area contributed by atoms with Crippen LogP contribution >= 0.6 is 22.9 Å². The van der Waals surface area contributed by atoms with Crippen LogP contribution in [0.5, 0.6) is 5.75 Å². The van der Waals surface area contributed by atoms with Gasteiger partial charge in [-0.15, -0.1) is 0 Å². The Morgan fingerprint density at radius 1 is 1.19 bits per heavy atom. The summed E-state index contributed by atoms with van der Waals surface area (Å²) in [6, 6.07) is 13.7. The number of rotatable bonds is 4. The Hall–Kier alpha value is -1.78. The van der Waals surface area contributed by atoms with Crippen molar-refractivity contribution in [2.45, 2.75) is 20.0 Å². The zero-order chi connectivity index (χ0) is 14.8.